The summed E-state index contributed by atoms with van der Waals surface area (Å²) in [7, 11) is 0. The maximum atomic E-state index is 14.2. The van der Waals surface area contributed by atoms with Gasteiger partial charge in [0.1, 0.15) is 17.6 Å². The fraction of sp³-hybridized carbons (Fsp3) is 0.741. The summed E-state index contributed by atoms with van der Waals surface area (Å²) in [5.41, 5.74) is -1.20. The third-order valence-electron chi connectivity index (χ3n) is 8.30. The lowest BCUT2D eigenvalue weighted by molar-refractivity contribution is -0.155. The first-order chi connectivity index (χ1) is 18.1. The number of fused-ring (bicyclic) bond motifs is 2. The Kier molecular flexibility index (Phi) is 8.28. The summed E-state index contributed by atoms with van der Waals surface area (Å²) in [5.74, 6) is -2.34. The minimum absolute atomic E-state index is 0.129. The van der Waals surface area contributed by atoms with Gasteiger partial charge in [-0.1, -0.05) is 37.1 Å². The number of cyclic esters (lactones) is 1. The topological polar surface area (TPSA) is 109 Å². The zero-order valence-corrected chi connectivity index (χ0v) is 21.5. The van der Waals surface area contributed by atoms with Crippen molar-refractivity contribution in [3.63, 3.8) is 0 Å². The molecule has 0 bridgehead atoms. The van der Waals surface area contributed by atoms with Gasteiger partial charge in [-0.05, 0) is 19.3 Å². The molecule has 0 saturated carbocycles. The Labute approximate surface area is 218 Å². The van der Waals surface area contributed by atoms with Gasteiger partial charge in [-0.25, -0.2) is 0 Å². The van der Waals surface area contributed by atoms with Gasteiger partial charge in [0.05, 0.1) is 31.8 Å². The fourth-order valence-electron chi connectivity index (χ4n) is 6.43. The van der Waals surface area contributed by atoms with Gasteiger partial charge in [0.2, 0.25) is 11.8 Å². The number of aliphatic hydroxyl groups is 1. The van der Waals surface area contributed by atoms with Gasteiger partial charge in [-0.15, -0.1) is 0 Å². The fourth-order valence-corrected chi connectivity index (χ4v) is 6.43. The lowest BCUT2D eigenvalue weighted by Gasteiger charge is -2.36. The number of morpholine rings is 1. The second kappa shape index (κ2) is 11.6. The normalized spacial score (nSPS) is 34.0. The number of amides is 2. The van der Waals surface area contributed by atoms with E-state index in [-0.39, 0.29) is 25.0 Å². The van der Waals surface area contributed by atoms with Crippen LogP contribution in [0.15, 0.2) is 24.3 Å². The van der Waals surface area contributed by atoms with Crippen molar-refractivity contribution in [2.75, 3.05) is 65.7 Å². The highest BCUT2D eigenvalue weighted by molar-refractivity contribution is 5.99. The molecular weight excluding hydrogens is 478 g/mol. The van der Waals surface area contributed by atoms with Crippen LogP contribution in [-0.2, 0) is 28.6 Å². The molecule has 5 rings (SSSR count). The zero-order valence-electron chi connectivity index (χ0n) is 21.5. The van der Waals surface area contributed by atoms with E-state index < -0.39 is 35.6 Å². The second-order valence-electron chi connectivity index (χ2n) is 10.5. The van der Waals surface area contributed by atoms with Gasteiger partial charge in [-0.2, -0.15) is 0 Å². The van der Waals surface area contributed by atoms with Gasteiger partial charge < -0.3 is 29.1 Å². The molecule has 0 aliphatic carbocycles. The van der Waals surface area contributed by atoms with Gasteiger partial charge >= 0.3 is 5.97 Å². The predicted molar refractivity (Wildman–Crippen MR) is 133 cm³/mol. The van der Waals surface area contributed by atoms with E-state index in [2.05, 4.69) is 4.90 Å². The lowest BCUT2D eigenvalue weighted by Crippen LogP contribution is -2.56. The number of hydrogen-bond acceptors (Lipinski definition) is 8. The number of unbranched alkanes of at least 4 members (excludes halogenated alkanes) is 3. The van der Waals surface area contributed by atoms with Crippen LogP contribution in [0.5, 0.6) is 0 Å². The molecule has 0 aromatic heterocycles. The molecule has 204 valence electrons. The number of likely N-dealkylation sites (tertiary alicyclic amines) is 1. The van der Waals surface area contributed by atoms with E-state index in [1.807, 2.05) is 29.2 Å². The number of rotatable bonds is 9. The number of carbonyl (C=O) groups excluding carboxylic acids is 3. The monoisotopic (exact) mass is 517 g/mol. The molecule has 2 unspecified atom stereocenters. The quantitative estimate of drug-likeness (QED) is 0.265. The van der Waals surface area contributed by atoms with Crippen molar-refractivity contribution in [3.05, 3.63) is 24.3 Å². The largest absolute Gasteiger partial charge is 0.465 e. The maximum absolute atomic E-state index is 14.2. The van der Waals surface area contributed by atoms with Gasteiger partial charge in [0.25, 0.3) is 0 Å². The van der Waals surface area contributed by atoms with E-state index in [4.69, 9.17) is 19.3 Å². The first-order valence-electron chi connectivity index (χ1n) is 13.8. The summed E-state index contributed by atoms with van der Waals surface area (Å²) in [5, 5.41) is 9.10. The number of hydrogen-bond donors (Lipinski definition) is 1. The van der Waals surface area contributed by atoms with E-state index in [0.717, 1.165) is 32.5 Å². The molecule has 5 atom stereocenters. The average molecular weight is 518 g/mol. The van der Waals surface area contributed by atoms with Crippen molar-refractivity contribution in [2.45, 2.75) is 49.9 Å². The van der Waals surface area contributed by atoms with E-state index in [9.17, 15) is 14.4 Å². The molecule has 3 saturated heterocycles. The Morgan fingerprint density at radius 1 is 0.946 bits per heavy atom. The first-order valence-corrected chi connectivity index (χ1v) is 13.8. The minimum atomic E-state index is -1.20. The molecule has 10 nitrogen and oxygen atoms in total. The number of aliphatic hydroxyl groups excluding tert-OH is 1. The van der Waals surface area contributed by atoms with Crippen LogP contribution in [0, 0.1) is 11.8 Å². The van der Waals surface area contributed by atoms with Crippen LogP contribution in [0.1, 0.15) is 32.1 Å². The predicted octanol–water partition coefficient (Wildman–Crippen LogP) is 0.354. The number of nitrogens with zero attached hydrogens (tertiary/aromatic N) is 3. The summed E-state index contributed by atoms with van der Waals surface area (Å²) in [4.78, 5) is 47.0. The highest BCUT2D eigenvalue weighted by Gasteiger charge is 2.71. The van der Waals surface area contributed by atoms with Crippen molar-refractivity contribution < 1.29 is 33.7 Å². The highest BCUT2D eigenvalue weighted by Crippen LogP contribution is 2.53. The van der Waals surface area contributed by atoms with E-state index in [1.165, 1.54) is 0 Å². The summed E-state index contributed by atoms with van der Waals surface area (Å²) in [6.07, 6.45) is 10.7. The van der Waals surface area contributed by atoms with Gasteiger partial charge in [0, 0.05) is 45.9 Å². The van der Waals surface area contributed by atoms with Crippen molar-refractivity contribution >= 4 is 17.8 Å². The SMILES string of the molecule is O=C1OCCC=C[C@H]2OC34C=CCN(CCN5CCOCC5)C(=O)[C@H]3N(CCCCCCO)C(=O)[C@@H]4C12. The molecule has 2 amide bonds. The van der Waals surface area contributed by atoms with E-state index in [0.29, 0.717) is 52.1 Å². The van der Waals surface area contributed by atoms with Gasteiger partial charge in [-0.3, -0.25) is 19.3 Å². The van der Waals surface area contributed by atoms with Crippen molar-refractivity contribution in [1.82, 2.24) is 14.7 Å². The molecule has 1 spiro atoms. The average Bonchev–Trinajstić information content (AvgIpc) is 3.27. The molecule has 1 N–H and O–H groups in total. The molecular formula is C27H39N3O7. The van der Waals surface area contributed by atoms with Crippen LogP contribution in [0.2, 0.25) is 0 Å². The molecule has 0 aromatic carbocycles. The van der Waals surface area contributed by atoms with Crippen LogP contribution >= 0.6 is 0 Å². The number of carbonyl (C=O) groups is 3. The van der Waals surface area contributed by atoms with Crippen LogP contribution in [0.4, 0.5) is 0 Å². The van der Waals surface area contributed by atoms with E-state index >= 15 is 0 Å². The zero-order chi connectivity index (χ0) is 25.8. The Morgan fingerprint density at radius 3 is 2.57 bits per heavy atom. The van der Waals surface area contributed by atoms with Crippen molar-refractivity contribution in [3.8, 4) is 0 Å². The Hall–Kier alpha value is -2.27. The maximum Gasteiger partial charge on any atom is 0.312 e. The lowest BCUT2D eigenvalue weighted by atomic mass is 9.77. The van der Waals surface area contributed by atoms with Crippen LogP contribution in [0.3, 0.4) is 0 Å². The summed E-state index contributed by atoms with van der Waals surface area (Å²) < 4.78 is 17.5. The van der Waals surface area contributed by atoms with Crippen LogP contribution in [-0.4, -0.2) is 121 Å². The third-order valence-corrected chi connectivity index (χ3v) is 8.30. The first kappa shape index (κ1) is 26.3. The molecule has 5 aliphatic heterocycles. The molecule has 5 aliphatic rings. The van der Waals surface area contributed by atoms with Gasteiger partial charge in [0.15, 0.2) is 0 Å². The molecule has 0 radical (unpaired) electrons. The van der Waals surface area contributed by atoms with Crippen LogP contribution < -0.4 is 0 Å². The minimum Gasteiger partial charge on any atom is -0.465 e. The van der Waals surface area contributed by atoms with Crippen LogP contribution in [0.25, 0.3) is 0 Å². The Bertz CT molecular complexity index is 918. The molecule has 3 fully saturated rings. The highest BCUT2D eigenvalue weighted by atomic mass is 16.6. The molecule has 10 heteroatoms. The smallest absolute Gasteiger partial charge is 0.312 e. The standard InChI is InChI=1S/C27H39N3O7/c31-16-5-2-1-4-11-30-23-25(33)29(13-12-28-14-18-35-19-15-28)10-7-9-27(23)22(24(30)32)21-20(37-27)8-3-6-17-36-26(21)34/h3,7-9,20-23,31H,1-2,4-6,10-19H2/t20-,21?,22+,23-,27?/m1/s1. The summed E-state index contributed by atoms with van der Waals surface area (Å²) in [6, 6.07) is -0.819. The van der Waals surface area contributed by atoms with Crippen molar-refractivity contribution in [1.29, 1.82) is 0 Å². The molecule has 0 aromatic rings. The van der Waals surface area contributed by atoms with E-state index in [1.54, 1.807) is 4.90 Å². The third kappa shape index (κ3) is 5.08. The number of esters is 1. The van der Waals surface area contributed by atoms with Crippen molar-refractivity contribution in [2.24, 2.45) is 11.8 Å². The summed E-state index contributed by atoms with van der Waals surface area (Å²) >= 11 is 0. The number of ether oxygens (including phenoxy) is 3. The molecule has 5 heterocycles. The summed E-state index contributed by atoms with van der Waals surface area (Å²) in [6.45, 7) is 5.62. The Balaban J connectivity index is 1.42. The second-order valence-corrected chi connectivity index (χ2v) is 10.5. The Morgan fingerprint density at radius 2 is 1.76 bits per heavy atom. The molecule has 37 heavy (non-hydrogen) atoms.